The van der Waals surface area contributed by atoms with E-state index in [1.807, 2.05) is 13.0 Å². The number of halogens is 3. The summed E-state index contributed by atoms with van der Waals surface area (Å²) < 4.78 is 41.4. The summed E-state index contributed by atoms with van der Waals surface area (Å²) in [4.78, 5) is 0. The predicted molar refractivity (Wildman–Crippen MR) is 72.7 cm³/mol. The predicted octanol–water partition coefficient (Wildman–Crippen LogP) is 4.47. The fourth-order valence-corrected chi connectivity index (χ4v) is 4.18. The highest BCUT2D eigenvalue weighted by Crippen LogP contribution is 2.63. The van der Waals surface area contributed by atoms with E-state index in [9.17, 15) is 13.2 Å². The van der Waals surface area contributed by atoms with Crippen LogP contribution in [0.25, 0.3) is 0 Å². The molecule has 0 heterocycles. The number of allylic oxidation sites excluding steroid dienone is 6. The summed E-state index contributed by atoms with van der Waals surface area (Å²) in [6.45, 7) is 3.30. The molecular formula is C16H20F3N. The smallest absolute Gasteiger partial charge is 0.398 e. The minimum atomic E-state index is -4.24. The molecule has 3 aliphatic carbocycles. The van der Waals surface area contributed by atoms with Crippen molar-refractivity contribution in [2.24, 2.45) is 23.0 Å². The van der Waals surface area contributed by atoms with Crippen molar-refractivity contribution in [3.05, 3.63) is 34.6 Å². The number of hydrogen-bond donors (Lipinski definition) is 1. The molecule has 20 heavy (non-hydrogen) atoms. The van der Waals surface area contributed by atoms with Gasteiger partial charge in [0.05, 0.1) is 5.41 Å². The Morgan fingerprint density at radius 2 is 1.95 bits per heavy atom. The van der Waals surface area contributed by atoms with E-state index in [0.717, 1.165) is 24.0 Å². The molecule has 110 valence electrons. The highest BCUT2D eigenvalue weighted by Gasteiger charge is 2.63. The van der Waals surface area contributed by atoms with Crippen LogP contribution in [0, 0.1) is 17.3 Å². The molecule has 0 radical (unpaired) electrons. The van der Waals surface area contributed by atoms with Gasteiger partial charge in [-0.05, 0) is 57.1 Å². The SMILES string of the molecule is CC1=CC2C(CC1)C1=C(C=C(N)CC1)C2(C)C(F)(F)F. The van der Waals surface area contributed by atoms with Crippen LogP contribution in [0.1, 0.15) is 39.5 Å². The van der Waals surface area contributed by atoms with E-state index in [1.54, 1.807) is 6.08 Å². The van der Waals surface area contributed by atoms with Crippen molar-refractivity contribution >= 4 is 0 Å². The van der Waals surface area contributed by atoms with E-state index in [1.165, 1.54) is 6.92 Å². The molecule has 1 nitrogen and oxygen atoms in total. The second-order valence-corrected chi connectivity index (χ2v) is 6.54. The van der Waals surface area contributed by atoms with Crippen molar-refractivity contribution in [3.8, 4) is 0 Å². The van der Waals surface area contributed by atoms with Gasteiger partial charge in [-0.1, -0.05) is 17.2 Å². The standard InChI is InChI=1S/C16H20F3N/c1-9-3-5-11-12-6-4-10(20)8-14(12)15(2,13(11)7-9)16(17,18)19/h7-8,11,13H,3-6,20H2,1-2H3. The number of rotatable bonds is 0. The van der Waals surface area contributed by atoms with Crippen molar-refractivity contribution < 1.29 is 13.2 Å². The van der Waals surface area contributed by atoms with Crippen LogP contribution in [0.2, 0.25) is 0 Å². The molecule has 0 saturated heterocycles. The van der Waals surface area contributed by atoms with Crippen LogP contribution in [0.3, 0.4) is 0 Å². The first-order valence-corrected chi connectivity index (χ1v) is 7.18. The fraction of sp³-hybridized carbons (Fsp3) is 0.625. The van der Waals surface area contributed by atoms with Crippen molar-refractivity contribution in [2.45, 2.75) is 45.7 Å². The van der Waals surface area contributed by atoms with Crippen LogP contribution in [0.4, 0.5) is 13.2 Å². The average Bonchev–Trinajstić information content (AvgIpc) is 2.60. The average molecular weight is 283 g/mol. The van der Waals surface area contributed by atoms with Crippen molar-refractivity contribution in [2.75, 3.05) is 0 Å². The van der Waals surface area contributed by atoms with Gasteiger partial charge in [0.25, 0.3) is 0 Å². The highest BCUT2D eigenvalue weighted by molar-refractivity contribution is 5.47. The van der Waals surface area contributed by atoms with E-state index in [4.69, 9.17) is 5.73 Å². The Morgan fingerprint density at radius 3 is 2.60 bits per heavy atom. The van der Waals surface area contributed by atoms with Crippen LogP contribution >= 0.6 is 0 Å². The maximum Gasteiger partial charge on any atom is 0.398 e. The lowest BCUT2D eigenvalue weighted by atomic mass is 9.68. The molecule has 0 bridgehead atoms. The lowest BCUT2D eigenvalue weighted by Gasteiger charge is -2.38. The summed E-state index contributed by atoms with van der Waals surface area (Å²) >= 11 is 0. The molecule has 0 spiro atoms. The van der Waals surface area contributed by atoms with Gasteiger partial charge in [-0.15, -0.1) is 0 Å². The van der Waals surface area contributed by atoms with E-state index in [0.29, 0.717) is 24.1 Å². The van der Waals surface area contributed by atoms with Gasteiger partial charge in [-0.3, -0.25) is 0 Å². The van der Waals surface area contributed by atoms with Crippen LogP contribution in [-0.4, -0.2) is 6.18 Å². The number of fused-ring (bicyclic) bond motifs is 2. The summed E-state index contributed by atoms with van der Waals surface area (Å²) in [6.07, 6.45) is 2.36. The third-order valence-corrected chi connectivity index (χ3v) is 5.37. The third-order valence-electron chi connectivity index (χ3n) is 5.37. The monoisotopic (exact) mass is 283 g/mol. The molecule has 3 atom stereocenters. The molecule has 0 aromatic rings. The van der Waals surface area contributed by atoms with Gasteiger partial charge >= 0.3 is 6.18 Å². The maximum atomic E-state index is 13.8. The van der Waals surface area contributed by atoms with Crippen molar-refractivity contribution in [3.63, 3.8) is 0 Å². The number of nitrogens with two attached hydrogens (primary N) is 1. The van der Waals surface area contributed by atoms with Gasteiger partial charge in [0, 0.05) is 11.6 Å². The van der Waals surface area contributed by atoms with Gasteiger partial charge < -0.3 is 5.73 Å². The molecule has 0 aromatic heterocycles. The molecule has 0 aromatic carbocycles. The number of alkyl halides is 3. The van der Waals surface area contributed by atoms with E-state index >= 15 is 0 Å². The Labute approximate surface area is 117 Å². The molecular weight excluding hydrogens is 263 g/mol. The summed E-state index contributed by atoms with van der Waals surface area (Å²) in [5, 5.41) is 0. The Kier molecular flexibility index (Phi) is 2.86. The van der Waals surface area contributed by atoms with Gasteiger partial charge in [-0.25, -0.2) is 0 Å². The van der Waals surface area contributed by atoms with Gasteiger partial charge in [0.1, 0.15) is 0 Å². The van der Waals surface area contributed by atoms with Crippen LogP contribution in [0.5, 0.6) is 0 Å². The topological polar surface area (TPSA) is 26.0 Å². The summed E-state index contributed by atoms with van der Waals surface area (Å²) in [7, 11) is 0. The first-order chi connectivity index (χ1) is 9.25. The second-order valence-electron chi connectivity index (χ2n) is 6.54. The summed E-state index contributed by atoms with van der Waals surface area (Å²) in [5.41, 5.74) is 7.16. The maximum absolute atomic E-state index is 13.8. The Bertz CT molecular complexity index is 538. The normalized spacial score (nSPS) is 37.2. The first kappa shape index (κ1) is 13.8. The van der Waals surface area contributed by atoms with Gasteiger partial charge in [0.2, 0.25) is 0 Å². The molecule has 0 amide bonds. The zero-order valence-corrected chi connectivity index (χ0v) is 11.8. The van der Waals surface area contributed by atoms with Gasteiger partial charge in [0.15, 0.2) is 0 Å². The van der Waals surface area contributed by atoms with E-state index < -0.39 is 17.5 Å². The van der Waals surface area contributed by atoms with E-state index in [2.05, 4.69) is 0 Å². The lowest BCUT2D eigenvalue weighted by molar-refractivity contribution is -0.215. The largest absolute Gasteiger partial charge is 0.402 e. The Hall–Kier alpha value is -1.19. The molecule has 2 N–H and O–H groups in total. The fourth-order valence-electron chi connectivity index (χ4n) is 4.18. The molecule has 3 unspecified atom stereocenters. The first-order valence-electron chi connectivity index (χ1n) is 7.18. The lowest BCUT2D eigenvalue weighted by Crippen LogP contribution is -2.42. The highest BCUT2D eigenvalue weighted by atomic mass is 19.4. The minimum absolute atomic E-state index is 0.0460. The quantitative estimate of drug-likeness (QED) is 0.652. The third kappa shape index (κ3) is 1.69. The van der Waals surface area contributed by atoms with Crippen molar-refractivity contribution in [1.29, 1.82) is 0 Å². The second kappa shape index (κ2) is 4.15. The van der Waals surface area contributed by atoms with Crippen LogP contribution < -0.4 is 5.73 Å². The minimum Gasteiger partial charge on any atom is -0.402 e. The summed E-state index contributed by atoms with van der Waals surface area (Å²) in [5.74, 6) is -0.409. The number of hydrogen-bond acceptors (Lipinski definition) is 1. The Morgan fingerprint density at radius 1 is 1.25 bits per heavy atom. The molecule has 0 fully saturated rings. The molecule has 3 aliphatic rings. The van der Waals surface area contributed by atoms with Crippen molar-refractivity contribution in [1.82, 2.24) is 0 Å². The zero-order chi connectivity index (χ0) is 14.7. The van der Waals surface area contributed by atoms with Crippen LogP contribution in [0.15, 0.2) is 34.6 Å². The molecule has 0 aliphatic heterocycles. The molecule has 3 rings (SSSR count). The van der Waals surface area contributed by atoms with E-state index in [-0.39, 0.29) is 5.92 Å². The summed E-state index contributed by atoms with van der Waals surface area (Å²) in [6, 6.07) is 0. The molecule has 0 saturated carbocycles. The van der Waals surface area contributed by atoms with Crippen LogP contribution in [-0.2, 0) is 0 Å². The van der Waals surface area contributed by atoms with Gasteiger partial charge in [-0.2, -0.15) is 13.2 Å². The molecule has 4 heteroatoms. The Balaban J connectivity index is 2.19. The zero-order valence-electron chi connectivity index (χ0n) is 11.8.